The molecule has 1 heterocycles. The van der Waals surface area contributed by atoms with Crippen molar-refractivity contribution in [2.24, 2.45) is 0 Å². The molecule has 0 aliphatic carbocycles. The van der Waals surface area contributed by atoms with E-state index in [9.17, 15) is 14.0 Å². The number of ether oxygens (including phenoxy) is 2. The third-order valence-corrected chi connectivity index (χ3v) is 4.19. The lowest BCUT2D eigenvalue weighted by molar-refractivity contribution is -0.143. The van der Waals surface area contributed by atoms with Crippen molar-refractivity contribution in [1.82, 2.24) is 4.57 Å². The molecule has 0 saturated heterocycles. The molecule has 0 spiro atoms. The molecule has 0 radical (unpaired) electrons. The van der Waals surface area contributed by atoms with Gasteiger partial charge in [-0.15, -0.1) is 0 Å². The van der Waals surface area contributed by atoms with Gasteiger partial charge in [-0.05, 0) is 37.3 Å². The lowest BCUT2D eigenvalue weighted by Gasteiger charge is -2.17. The SMILES string of the molecule is CCOC(=O)Cn1c2cc(F)ccc2c(=O)c2ccc(Cl)c(OC)c21. The monoisotopic (exact) mass is 363 g/mol. The van der Waals surface area contributed by atoms with E-state index in [2.05, 4.69) is 0 Å². The summed E-state index contributed by atoms with van der Waals surface area (Å²) in [6, 6.07) is 6.92. The van der Waals surface area contributed by atoms with Crippen LogP contribution in [0.25, 0.3) is 21.8 Å². The molecular weight excluding hydrogens is 349 g/mol. The zero-order valence-corrected chi connectivity index (χ0v) is 14.4. The molecule has 130 valence electrons. The first-order valence-corrected chi connectivity index (χ1v) is 7.99. The molecule has 5 nitrogen and oxygen atoms in total. The van der Waals surface area contributed by atoms with Crippen LogP contribution in [0.1, 0.15) is 6.92 Å². The molecule has 3 rings (SSSR count). The fourth-order valence-electron chi connectivity index (χ4n) is 2.88. The van der Waals surface area contributed by atoms with Crippen molar-refractivity contribution >= 4 is 39.4 Å². The molecule has 0 N–H and O–H groups in total. The van der Waals surface area contributed by atoms with E-state index in [0.29, 0.717) is 16.3 Å². The van der Waals surface area contributed by atoms with Gasteiger partial charge in [0, 0.05) is 5.39 Å². The van der Waals surface area contributed by atoms with Gasteiger partial charge < -0.3 is 14.0 Å². The number of aromatic nitrogens is 1. The van der Waals surface area contributed by atoms with Crippen molar-refractivity contribution < 1.29 is 18.7 Å². The summed E-state index contributed by atoms with van der Waals surface area (Å²) in [7, 11) is 1.41. The number of rotatable bonds is 4. The molecule has 0 bridgehead atoms. The highest BCUT2D eigenvalue weighted by atomic mass is 35.5. The second-order valence-corrected chi connectivity index (χ2v) is 5.77. The maximum atomic E-state index is 13.8. The van der Waals surface area contributed by atoms with E-state index in [0.717, 1.165) is 0 Å². The van der Waals surface area contributed by atoms with Crippen LogP contribution in [0, 0.1) is 5.82 Å². The molecule has 7 heteroatoms. The summed E-state index contributed by atoms with van der Waals surface area (Å²) in [5.74, 6) is -0.795. The molecule has 0 amide bonds. The van der Waals surface area contributed by atoms with Crippen molar-refractivity contribution in [3.8, 4) is 5.75 Å². The quantitative estimate of drug-likeness (QED) is 0.525. The van der Waals surface area contributed by atoms with E-state index < -0.39 is 11.8 Å². The van der Waals surface area contributed by atoms with E-state index in [1.807, 2.05) is 0 Å². The average molecular weight is 364 g/mol. The van der Waals surface area contributed by atoms with Crippen LogP contribution in [0.3, 0.4) is 0 Å². The first-order chi connectivity index (χ1) is 12.0. The van der Waals surface area contributed by atoms with Gasteiger partial charge in [0.1, 0.15) is 12.4 Å². The number of esters is 1. The molecule has 0 aliphatic heterocycles. The second kappa shape index (κ2) is 6.72. The predicted octanol–water partition coefficient (Wildman–Crippen LogP) is 3.52. The average Bonchev–Trinajstić information content (AvgIpc) is 2.58. The van der Waals surface area contributed by atoms with Crippen LogP contribution in [-0.4, -0.2) is 24.3 Å². The highest BCUT2D eigenvalue weighted by molar-refractivity contribution is 6.33. The van der Waals surface area contributed by atoms with Crippen molar-refractivity contribution in [3.63, 3.8) is 0 Å². The summed E-state index contributed by atoms with van der Waals surface area (Å²) in [4.78, 5) is 24.9. The number of carbonyl (C=O) groups excluding carboxylic acids is 1. The Bertz CT molecular complexity index is 1040. The minimum atomic E-state index is -0.523. The number of fused-ring (bicyclic) bond motifs is 2. The van der Waals surface area contributed by atoms with Crippen LogP contribution in [0.5, 0.6) is 5.75 Å². The Morgan fingerprint density at radius 3 is 2.64 bits per heavy atom. The number of carbonyl (C=O) groups is 1. The Balaban J connectivity index is 2.49. The maximum Gasteiger partial charge on any atom is 0.325 e. The summed E-state index contributed by atoms with van der Waals surface area (Å²) in [6.07, 6.45) is 0. The molecule has 0 fully saturated rings. The lowest BCUT2D eigenvalue weighted by Crippen LogP contribution is -2.19. The minimum Gasteiger partial charge on any atom is -0.493 e. The highest BCUT2D eigenvalue weighted by Crippen LogP contribution is 2.34. The van der Waals surface area contributed by atoms with Gasteiger partial charge in [-0.25, -0.2) is 4.39 Å². The largest absolute Gasteiger partial charge is 0.493 e. The van der Waals surface area contributed by atoms with Crippen LogP contribution in [0.2, 0.25) is 5.02 Å². The zero-order valence-electron chi connectivity index (χ0n) is 13.6. The summed E-state index contributed by atoms with van der Waals surface area (Å²) in [5, 5.41) is 0.898. The van der Waals surface area contributed by atoms with Crippen molar-refractivity contribution in [3.05, 3.63) is 51.4 Å². The Labute approximate surface area is 147 Å². The normalized spacial score (nSPS) is 11.0. The van der Waals surface area contributed by atoms with Crippen LogP contribution in [-0.2, 0) is 16.1 Å². The van der Waals surface area contributed by atoms with Gasteiger partial charge in [-0.3, -0.25) is 9.59 Å². The fraction of sp³-hybridized carbons (Fsp3) is 0.222. The lowest BCUT2D eigenvalue weighted by atomic mass is 10.1. The molecule has 3 aromatic rings. The van der Waals surface area contributed by atoms with Crippen molar-refractivity contribution in [2.45, 2.75) is 13.5 Å². The summed E-state index contributed by atoms with van der Waals surface area (Å²) < 4.78 is 25.6. The number of hydrogen-bond acceptors (Lipinski definition) is 4. The molecule has 0 unspecified atom stereocenters. The third kappa shape index (κ3) is 2.93. The maximum absolute atomic E-state index is 13.8. The first-order valence-electron chi connectivity index (χ1n) is 7.61. The second-order valence-electron chi connectivity index (χ2n) is 5.36. The Morgan fingerprint density at radius 2 is 1.96 bits per heavy atom. The van der Waals surface area contributed by atoms with Crippen molar-refractivity contribution in [2.75, 3.05) is 13.7 Å². The minimum absolute atomic E-state index is 0.207. The van der Waals surface area contributed by atoms with Gasteiger partial charge in [0.2, 0.25) is 0 Å². The summed E-state index contributed by atoms with van der Waals surface area (Å²) in [6.45, 7) is 1.69. The van der Waals surface area contributed by atoms with E-state index in [1.165, 1.54) is 29.9 Å². The van der Waals surface area contributed by atoms with Gasteiger partial charge >= 0.3 is 5.97 Å². The van der Waals surface area contributed by atoms with Crippen LogP contribution >= 0.6 is 11.6 Å². The molecule has 25 heavy (non-hydrogen) atoms. The first kappa shape index (κ1) is 17.2. The molecule has 2 aromatic carbocycles. The Hall–Kier alpha value is -2.60. The van der Waals surface area contributed by atoms with Crippen LogP contribution < -0.4 is 10.2 Å². The van der Waals surface area contributed by atoms with Gasteiger partial charge in [0.15, 0.2) is 11.2 Å². The third-order valence-electron chi connectivity index (χ3n) is 3.89. The summed E-state index contributed by atoms with van der Waals surface area (Å²) in [5.41, 5.74) is 0.303. The van der Waals surface area contributed by atoms with Crippen molar-refractivity contribution in [1.29, 1.82) is 0 Å². The van der Waals surface area contributed by atoms with Crippen LogP contribution in [0.15, 0.2) is 35.1 Å². The van der Waals surface area contributed by atoms with Gasteiger partial charge in [0.05, 0.1) is 35.2 Å². The van der Waals surface area contributed by atoms with E-state index >= 15 is 0 Å². The number of nitrogens with zero attached hydrogens (tertiary/aromatic N) is 1. The van der Waals surface area contributed by atoms with E-state index in [4.69, 9.17) is 21.1 Å². The molecule has 0 saturated carbocycles. The zero-order chi connectivity index (χ0) is 18.1. The van der Waals surface area contributed by atoms with E-state index in [-0.39, 0.29) is 34.9 Å². The number of pyridine rings is 1. The Kier molecular flexibility index (Phi) is 4.63. The fourth-order valence-corrected chi connectivity index (χ4v) is 3.11. The number of halogens is 2. The molecule has 0 aliphatic rings. The van der Waals surface area contributed by atoms with Gasteiger partial charge in [-0.2, -0.15) is 0 Å². The number of hydrogen-bond donors (Lipinski definition) is 0. The number of benzene rings is 2. The Morgan fingerprint density at radius 1 is 1.24 bits per heavy atom. The molecule has 1 aromatic heterocycles. The topological polar surface area (TPSA) is 57.5 Å². The molecule has 0 atom stereocenters. The number of methoxy groups -OCH3 is 1. The predicted molar refractivity (Wildman–Crippen MR) is 93.9 cm³/mol. The van der Waals surface area contributed by atoms with E-state index in [1.54, 1.807) is 19.1 Å². The highest BCUT2D eigenvalue weighted by Gasteiger charge is 2.19. The van der Waals surface area contributed by atoms with Crippen LogP contribution in [0.4, 0.5) is 4.39 Å². The standard InChI is InChI=1S/C18H15ClFNO4/c1-3-25-15(22)9-21-14-8-10(20)4-5-11(14)17(23)12-6-7-13(19)18(24-2)16(12)21/h4-8H,3,9H2,1-2H3. The summed E-state index contributed by atoms with van der Waals surface area (Å²) >= 11 is 6.18. The molecular formula is C18H15ClFNO4. The van der Waals surface area contributed by atoms with Gasteiger partial charge in [0.25, 0.3) is 0 Å². The smallest absolute Gasteiger partial charge is 0.325 e. The van der Waals surface area contributed by atoms with Gasteiger partial charge in [-0.1, -0.05) is 11.6 Å².